The summed E-state index contributed by atoms with van der Waals surface area (Å²) in [5.41, 5.74) is 6.31. The smallest absolute Gasteiger partial charge is 0.408 e. The normalized spacial score (nSPS) is 12.9. The van der Waals surface area contributed by atoms with E-state index in [-0.39, 0.29) is 18.2 Å². The first-order valence-corrected chi connectivity index (χ1v) is 9.65. The number of Topliss-reactive ketones (excluding diaryl/α,β-unsaturated/α-hetero) is 2. The van der Waals surface area contributed by atoms with Crippen LogP contribution in [0.5, 0.6) is 0 Å². The highest BCUT2D eigenvalue weighted by Crippen LogP contribution is 2.13. The van der Waals surface area contributed by atoms with Crippen LogP contribution in [-0.4, -0.2) is 34.7 Å². The Bertz CT molecular complexity index is 717. The Kier molecular flexibility index (Phi) is 9.94. The number of hydrogen-bond donors (Lipinski definition) is 2. The Labute approximate surface area is 170 Å². The molecular weight excluding hydrogens is 378 g/mol. The molecule has 3 N–H and O–H groups in total. The molecule has 1 amide bonds. The second kappa shape index (κ2) is 11.9. The molecule has 0 saturated heterocycles. The lowest BCUT2D eigenvalue weighted by Gasteiger charge is -2.19. The van der Waals surface area contributed by atoms with Gasteiger partial charge in [0.2, 0.25) is 11.6 Å². The first-order valence-electron chi connectivity index (χ1n) is 9.65. The zero-order valence-corrected chi connectivity index (χ0v) is 17.1. The maximum Gasteiger partial charge on any atom is 0.408 e. The highest BCUT2D eigenvalue weighted by atomic mass is 16.6. The molecule has 0 heterocycles. The Morgan fingerprint density at radius 2 is 1.79 bits per heavy atom. The molecule has 29 heavy (non-hydrogen) atoms. The number of carbonyl (C=O) groups is 3. The second-order valence-electron chi connectivity index (χ2n) is 7.30. The molecule has 9 heteroatoms. The van der Waals surface area contributed by atoms with Crippen LogP contribution in [-0.2, 0) is 20.9 Å². The van der Waals surface area contributed by atoms with Gasteiger partial charge in [0, 0.05) is 12.1 Å². The van der Waals surface area contributed by atoms with E-state index in [2.05, 4.69) is 5.32 Å². The molecule has 0 aliphatic rings. The van der Waals surface area contributed by atoms with Gasteiger partial charge in [-0.25, -0.2) is 4.79 Å². The highest BCUT2D eigenvalue weighted by Gasteiger charge is 2.30. The zero-order chi connectivity index (χ0) is 22.0. The van der Waals surface area contributed by atoms with Gasteiger partial charge >= 0.3 is 6.09 Å². The van der Waals surface area contributed by atoms with Crippen molar-refractivity contribution in [1.29, 1.82) is 0 Å². The molecule has 0 fully saturated rings. The summed E-state index contributed by atoms with van der Waals surface area (Å²) >= 11 is 0. The number of alkyl carbamates (subject to hydrolysis) is 1. The minimum Gasteiger partial charge on any atom is -0.445 e. The molecule has 160 valence electrons. The van der Waals surface area contributed by atoms with Gasteiger partial charge in [-0.05, 0) is 36.5 Å². The number of nitro groups is 1. The second-order valence-corrected chi connectivity index (χ2v) is 7.30. The molecular formula is C20H29N3O6. The third kappa shape index (κ3) is 8.39. The maximum absolute atomic E-state index is 12.5. The van der Waals surface area contributed by atoms with Crippen molar-refractivity contribution in [2.24, 2.45) is 11.7 Å². The molecule has 9 nitrogen and oxygen atoms in total. The minimum absolute atomic E-state index is 0.0697. The van der Waals surface area contributed by atoms with E-state index in [9.17, 15) is 24.5 Å². The SMILES string of the molecule is CCCC[C@H](NC(=O)OCc1ccc([N+](=O)[O-])cc1)C(=O)C(=O)[C@@H](N)CC(C)C. The Balaban J connectivity index is 2.68. The number of hydrogen-bond acceptors (Lipinski definition) is 7. The molecule has 0 bridgehead atoms. The zero-order valence-electron chi connectivity index (χ0n) is 17.1. The Morgan fingerprint density at radius 1 is 1.17 bits per heavy atom. The van der Waals surface area contributed by atoms with Crippen LogP contribution in [0.3, 0.4) is 0 Å². The fourth-order valence-electron chi connectivity index (χ4n) is 2.69. The summed E-state index contributed by atoms with van der Waals surface area (Å²) in [4.78, 5) is 47.1. The lowest BCUT2D eigenvalue weighted by Crippen LogP contribution is -2.49. The maximum atomic E-state index is 12.5. The molecule has 0 aliphatic heterocycles. The molecule has 0 aliphatic carbocycles. The van der Waals surface area contributed by atoms with E-state index < -0.39 is 34.7 Å². The third-order valence-corrected chi connectivity index (χ3v) is 4.28. The number of amides is 1. The van der Waals surface area contributed by atoms with Crippen LogP contribution in [0.25, 0.3) is 0 Å². The van der Waals surface area contributed by atoms with E-state index in [0.717, 1.165) is 6.42 Å². The predicted octanol–water partition coefficient (Wildman–Crippen LogP) is 2.89. The van der Waals surface area contributed by atoms with E-state index in [0.29, 0.717) is 24.8 Å². The average Bonchev–Trinajstić information content (AvgIpc) is 2.68. The number of nitro benzene ring substituents is 1. The molecule has 1 aromatic rings. The third-order valence-electron chi connectivity index (χ3n) is 4.28. The molecule has 1 aromatic carbocycles. The van der Waals surface area contributed by atoms with E-state index in [1.54, 1.807) is 0 Å². The fraction of sp³-hybridized carbons (Fsp3) is 0.550. The van der Waals surface area contributed by atoms with Gasteiger partial charge in [-0.2, -0.15) is 0 Å². The van der Waals surface area contributed by atoms with Gasteiger partial charge in [0.15, 0.2) is 0 Å². The lowest BCUT2D eigenvalue weighted by molar-refractivity contribution is -0.384. The van der Waals surface area contributed by atoms with E-state index >= 15 is 0 Å². The van der Waals surface area contributed by atoms with Crippen LogP contribution in [0.2, 0.25) is 0 Å². The van der Waals surface area contributed by atoms with Crippen molar-refractivity contribution in [2.75, 3.05) is 0 Å². The molecule has 0 aromatic heterocycles. The van der Waals surface area contributed by atoms with Gasteiger partial charge < -0.3 is 15.8 Å². The summed E-state index contributed by atoms with van der Waals surface area (Å²) in [6, 6.07) is 3.66. The summed E-state index contributed by atoms with van der Waals surface area (Å²) in [6.07, 6.45) is 1.28. The van der Waals surface area contributed by atoms with Crippen LogP contribution < -0.4 is 11.1 Å². The van der Waals surface area contributed by atoms with Crippen molar-refractivity contribution in [3.8, 4) is 0 Å². The standard InChI is InChI=1S/C20H29N3O6/c1-4-5-6-17(19(25)18(24)16(21)11-13(2)3)22-20(26)29-12-14-7-9-15(10-8-14)23(27)28/h7-10,13,16-17H,4-6,11-12,21H2,1-3H3,(H,22,26)/t16-,17-/m0/s1. The largest absolute Gasteiger partial charge is 0.445 e. The Morgan fingerprint density at radius 3 is 2.31 bits per heavy atom. The van der Waals surface area contributed by atoms with Gasteiger partial charge in [0.25, 0.3) is 5.69 Å². The first kappa shape index (κ1) is 24.2. The number of nitrogens with one attached hydrogen (secondary N) is 1. The van der Waals surface area contributed by atoms with E-state index in [1.165, 1.54) is 24.3 Å². The highest BCUT2D eigenvalue weighted by molar-refractivity contribution is 6.41. The summed E-state index contributed by atoms with van der Waals surface area (Å²) in [5, 5.41) is 13.1. The summed E-state index contributed by atoms with van der Waals surface area (Å²) < 4.78 is 5.08. The topological polar surface area (TPSA) is 142 Å². The van der Waals surface area contributed by atoms with Gasteiger partial charge in [-0.1, -0.05) is 33.6 Å². The quantitative estimate of drug-likeness (QED) is 0.308. The van der Waals surface area contributed by atoms with Crippen molar-refractivity contribution in [3.05, 3.63) is 39.9 Å². The van der Waals surface area contributed by atoms with Gasteiger partial charge in [0.05, 0.1) is 17.0 Å². The van der Waals surface area contributed by atoms with Gasteiger partial charge in [-0.3, -0.25) is 19.7 Å². The number of benzene rings is 1. The summed E-state index contributed by atoms with van der Waals surface area (Å²) in [6.45, 7) is 5.61. The van der Waals surface area contributed by atoms with Crippen molar-refractivity contribution in [1.82, 2.24) is 5.32 Å². The molecule has 0 radical (unpaired) electrons. The minimum atomic E-state index is -0.995. The first-order chi connectivity index (χ1) is 13.6. The van der Waals surface area contributed by atoms with Crippen molar-refractivity contribution in [2.45, 2.75) is 65.1 Å². The number of nitrogens with zero attached hydrogens (tertiary/aromatic N) is 1. The fourth-order valence-corrected chi connectivity index (χ4v) is 2.69. The Hall–Kier alpha value is -2.81. The monoisotopic (exact) mass is 407 g/mol. The molecule has 2 atom stereocenters. The van der Waals surface area contributed by atoms with Crippen LogP contribution in [0.15, 0.2) is 24.3 Å². The molecule has 0 saturated carbocycles. The van der Waals surface area contributed by atoms with Crippen molar-refractivity contribution in [3.63, 3.8) is 0 Å². The van der Waals surface area contributed by atoms with E-state index in [4.69, 9.17) is 10.5 Å². The molecule has 0 unspecified atom stereocenters. The van der Waals surface area contributed by atoms with Crippen molar-refractivity contribution >= 4 is 23.3 Å². The summed E-state index contributed by atoms with van der Waals surface area (Å²) in [7, 11) is 0. The van der Waals surface area contributed by atoms with E-state index in [1.807, 2.05) is 20.8 Å². The van der Waals surface area contributed by atoms with Crippen LogP contribution >= 0.6 is 0 Å². The summed E-state index contributed by atoms with van der Waals surface area (Å²) in [5.74, 6) is -1.26. The average molecular weight is 407 g/mol. The van der Waals surface area contributed by atoms with Crippen LogP contribution in [0.1, 0.15) is 52.0 Å². The van der Waals surface area contributed by atoms with Crippen LogP contribution in [0, 0.1) is 16.0 Å². The number of ketones is 2. The number of unbranched alkanes of at least 4 members (excludes halogenated alkanes) is 1. The number of ether oxygens (including phenoxy) is 1. The lowest BCUT2D eigenvalue weighted by atomic mass is 9.94. The molecule has 1 rings (SSSR count). The van der Waals surface area contributed by atoms with Gasteiger partial charge in [-0.15, -0.1) is 0 Å². The van der Waals surface area contributed by atoms with Crippen LogP contribution in [0.4, 0.5) is 10.5 Å². The predicted molar refractivity (Wildman–Crippen MR) is 107 cm³/mol. The number of carbonyl (C=O) groups excluding carboxylic acids is 3. The molecule has 0 spiro atoms. The number of rotatable bonds is 12. The number of nitrogens with two attached hydrogens (primary N) is 1. The van der Waals surface area contributed by atoms with Crippen molar-refractivity contribution < 1.29 is 24.0 Å². The number of non-ortho nitro benzene ring substituents is 1. The van der Waals surface area contributed by atoms with Gasteiger partial charge in [0.1, 0.15) is 6.61 Å².